The average molecular weight is 444 g/mol. The molecule has 4 aromatic rings. The molecule has 3 aromatic carbocycles. The topological polar surface area (TPSA) is 130 Å². The van der Waals surface area contributed by atoms with E-state index in [2.05, 4.69) is 10.3 Å². The van der Waals surface area contributed by atoms with Crippen LogP contribution in [0.25, 0.3) is 11.1 Å². The van der Waals surface area contributed by atoms with Crippen LogP contribution in [0.4, 0.5) is 0 Å². The first-order valence-corrected chi connectivity index (χ1v) is 9.92. The molecule has 0 bridgehead atoms. The Balaban J connectivity index is 1.56. The monoisotopic (exact) mass is 444 g/mol. The Labute approximate surface area is 189 Å². The Morgan fingerprint density at radius 3 is 2.03 bits per heavy atom. The molecule has 0 saturated carbocycles. The molecule has 4 rings (SSSR count). The molecule has 1 amide bonds. The number of benzene rings is 3. The number of rotatable bonds is 8. The van der Waals surface area contributed by atoms with E-state index >= 15 is 0 Å². The lowest BCUT2D eigenvalue weighted by Crippen LogP contribution is -2.10. The number of carboxylic acid groups (broad SMARTS) is 1. The lowest BCUT2D eigenvalue weighted by molar-refractivity contribution is 0.0687. The molecule has 9 heteroatoms. The highest BCUT2D eigenvalue weighted by molar-refractivity contribution is 5.93. The van der Waals surface area contributed by atoms with E-state index < -0.39 is 11.9 Å². The van der Waals surface area contributed by atoms with E-state index in [1.54, 1.807) is 55.6 Å². The van der Waals surface area contributed by atoms with Crippen molar-refractivity contribution in [3.8, 4) is 28.5 Å². The summed E-state index contributed by atoms with van der Waals surface area (Å²) in [5.74, 6) is -0.564. The summed E-state index contributed by atoms with van der Waals surface area (Å²) in [6.07, 6.45) is 0. The predicted octanol–water partition coefficient (Wildman–Crippen LogP) is 3.59. The summed E-state index contributed by atoms with van der Waals surface area (Å²) in [6, 6.07) is 21.3. The summed E-state index contributed by atoms with van der Waals surface area (Å²) in [5.41, 5.74) is 8.08. The Kier molecular flexibility index (Phi) is 6.03. The number of carboxylic acids is 1. The van der Waals surface area contributed by atoms with Gasteiger partial charge in [0, 0.05) is 5.56 Å². The van der Waals surface area contributed by atoms with Gasteiger partial charge in [0.1, 0.15) is 11.5 Å². The minimum atomic E-state index is -1.24. The zero-order valence-electron chi connectivity index (χ0n) is 17.6. The standard InChI is InChI=1S/C24H20N4O5/c1-32-19-10-2-15(3-11-19)14-28-23(21(24(30)31)26-27-28)33-20-12-8-17(9-13-20)16-4-6-18(7-5-16)22(25)29/h2-13H,14H2,1H3,(H2,25,29)(H,30,31). The Morgan fingerprint density at radius 1 is 0.909 bits per heavy atom. The van der Waals surface area contributed by atoms with Gasteiger partial charge in [0.25, 0.3) is 5.88 Å². The maximum absolute atomic E-state index is 11.6. The molecule has 0 spiro atoms. The van der Waals surface area contributed by atoms with Crippen LogP contribution in [0, 0.1) is 0 Å². The number of aromatic carboxylic acids is 1. The fourth-order valence-electron chi connectivity index (χ4n) is 3.20. The van der Waals surface area contributed by atoms with Crippen LogP contribution < -0.4 is 15.2 Å². The minimum Gasteiger partial charge on any atom is -0.497 e. The quantitative estimate of drug-likeness (QED) is 0.425. The van der Waals surface area contributed by atoms with E-state index in [-0.39, 0.29) is 18.1 Å². The van der Waals surface area contributed by atoms with E-state index in [1.807, 2.05) is 24.3 Å². The summed E-state index contributed by atoms with van der Waals surface area (Å²) < 4.78 is 12.4. The van der Waals surface area contributed by atoms with E-state index in [0.29, 0.717) is 17.1 Å². The maximum Gasteiger partial charge on any atom is 0.362 e. The van der Waals surface area contributed by atoms with Crippen LogP contribution in [0.5, 0.6) is 17.4 Å². The number of amides is 1. The Bertz CT molecular complexity index is 1280. The summed E-state index contributed by atoms with van der Waals surface area (Å²) in [5, 5.41) is 17.2. The summed E-state index contributed by atoms with van der Waals surface area (Å²) >= 11 is 0. The van der Waals surface area contributed by atoms with Gasteiger partial charge in [-0.3, -0.25) is 4.79 Å². The van der Waals surface area contributed by atoms with Crippen molar-refractivity contribution in [3.63, 3.8) is 0 Å². The molecule has 0 radical (unpaired) electrons. The molecule has 0 unspecified atom stereocenters. The normalized spacial score (nSPS) is 10.6. The second-order valence-corrected chi connectivity index (χ2v) is 7.12. The fraction of sp³-hybridized carbons (Fsp3) is 0.0833. The highest BCUT2D eigenvalue weighted by Gasteiger charge is 2.22. The van der Waals surface area contributed by atoms with Crippen molar-refractivity contribution in [3.05, 3.63) is 89.6 Å². The van der Waals surface area contributed by atoms with Gasteiger partial charge in [-0.25, -0.2) is 9.48 Å². The number of hydrogen-bond acceptors (Lipinski definition) is 6. The number of hydrogen-bond donors (Lipinski definition) is 2. The fourth-order valence-corrected chi connectivity index (χ4v) is 3.20. The Hall–Kier alpha value is -4.66. The van der Waals surface area contributed by atoms with Gasteiger partial charge in [0.15, 0.2) is 0 Å². The molecule has 166 valence electrons. The van der Waals surface area contributed by atoms with Gasteiger partial charge >= 0.3 is 5.97 Å². The molecular formula is C24H20N4O5. The summed E-state index contributed by atoms with van der Waals surface area (Å²) in [4.78, 5) is 22.9. The summed E-state index contributed by atoms with van der Waals surface area (Å²) in [7, 11) is 1.58. The van der Waals surface area contributed by atoms with Crippen LogP contribution in [0.2, 0.25) is 0 Å². The molecule has 0 fully saturated rings. The SMILES string of the molecule is COc1ccc(Cn2nnc(C(=O)O)c2Oc2ccc(-c3ccc(C(N)=O)cc3)cc2)cc1. The molecule has 0 aliphatic carbocycles. The number of nitrogens with two attached hydrogens (primary N) is 1. The Morgan fingerprint density at radius 2 is 1.48 bits per heavy atom. The molecule has 0 aliphatic rings. The van der Waals surface area contributed by atoms with Crippen LogP contribution in [0.15, 0.2) is 72.8 Å². The molecule has 9 nitrogen and oxygen atoms in total. The first-order chi connectivity index (χ1) is 15.9. The van der Waals surface area contributed by atoms with E-state index in [1.165, 1.54) is 4.68 Å². The number of carbonyl (C=O) groups is 2. The molecule has 3 N–H and O–H groups in total. The molecule has 1 aromatic heterocycles. The molecule has 1 heterocycles. The number of nitrogens with zero attached hydrogens (tertiary/aromatic N) is 3. The van der Waals surface area contributed by atoms with Crippen molar-refractivity contribution in [2.24, 2.45) is 5.73 Å². The van der Waals surface area contributed by atoms with Gasteiger partial charge in [-0.05, 0) is 53.1 Å². The highest BCUT2D eigenvalue weighted by atomic mass is 16.5. The zero-order chi connectivity index (χ0) is 23.4. The molecular weight excluding hydrogens is 424 g/mol. The van der Waals surface area contributed by atoms with Crippen molar-refractivity contribution in [2.45, 2.75) is 6.54 Å². The maximum atomic E-state index is 11.6. The zero-order valence-corrected chi connectivity index (χ0v) is 17.6. The van der Waals surface area contributed by atoms with Gasteiger partial charge in [-0.2, -0.15) is 0 Å². The van der Waals surface area contributed by atoms with E-state index in [0.717, 1.165) is 16.7 Å². The number of carbonyl (C=O) groups excluding carboxylic acids is 1. The predicted molar refractivity (Wildman–Crippen MR) is 120 cm³/mol. The van der Waals surface area contributed by atoms with Crippen molar-refractivity contribution in [1.82, 2.24) is 15.0 Å². The lowest BCUT2D eigenvalue weighted by Gasteiger charge is -2.10. The minimum absolute atomic E-state index is 0.0249. The van der Waals surface area contributed by atoms with Crippen molar-refractivity contribution >= 4 is 11.9 Å². The van der Waals surface area contributed by atoms with Crippen LogP contribution in [0.3, 0.4) is 0 Å². The highest BCUT2D eigenvalue weighted by Crippen LogP contribution is 2.28. The van der Waals surface area contributed by atoms with Crippen molar-refractivity contribution in [1.29, 1.82) is 0 Å². The van der Waals surface area contributed by atoms with E-state index in [4.69, 9.17) is 15.2 Å². The van der Waals surface area contributed by atoms with Crippen molar-refractivity contribution in [2.75, 3.05) is 7.11 Å². The molecule has 0 atom stereocenters. The third-order valence-corrected chi connectivity index (χ3v) is 4.96. The average Bonchev–Trinajstić information content (AvgIpc) is 3.22. The molecule has 0 aliphatic heterocycles. The van der Waals surface area contributed by atoms with Crippen LogP contribution in [-0.2, 0) is 6.54 Å². The van der Waals surface area contributed by atoms with Gasteiger partial charge in [0.05, 0.1) is 13.7 Å². The first kappa shape index (κ1) is 21.6. The van der Waals surface area contributed by atoms with Gasteiger partial charge < -0.3 is 20.3 Å². The molecule has 0 saturated heterocycles. The van der Waals surface area contributed by atoms with Crippen LogP contribution >= 0.6 is 0 Å². The largest absolute Gasteiger partial charge is 0.497 e. The number of primary amides is 1. The van der Waals surface area contributed by atoms with E-state index in [9.17, 15) is 14.7 Å². The van der Waals surface area contributed by atoms with Gasteiger partial charge in [-0.15, -0.1) is 5.10 Å². The van der Waals surface area contributed by atoms with Gasteiger partial charge in [0.2, 0.25) is 11.6 Å². The van der Waals surface area contributed by atoms with Gasteiger partial charge in [-0.1, -0.05) is 41.6 Å². The summed E-state index contributed by atoms with van der Waals surface area (Å²) in [6.45, 7) is 0.268. The second kappa shape index (κ2) is 9.23. The van der Waals surface area contributed by atoms with Crippen LogP contribution in [-0.4, -0.2) is 39.1 Å². The number of aromatic nitrogens is 3. The third-order valence-electron chi connectivity index (χ3n) is 4.96. The second-order valence-electron chi connectivity index (χ2n) is 7.12. The number of methoxy groups -OCH3 is 1. The molecule has 33 heavy (non-hydrogen) atoms. The first-order valence-electron chi connectivity index (χ1n) is 9.92. The van der Waals surface area contributed by atoms with Crippen molar-refractivity contribution < 1.29 is 24.2 Å². The lowest BCUT2D eigenvalue weighted by atomic mass is 10.0. The van der Waals surface area contributed by atoms with Crippen LogP contribution in [0.1, 0.15) is 26.4 Å². The number of ether oxygens (including phenoxy) is 2. The third kappa shape index (κ3) is 4.82. The smallest absolute Gasteiger partial charge is 0.362 e.